The van der Waals surface area contributed by atoms with Gasteiger partial charge < -0.3 is 0 Å². The first-order chi connectivity index (χ1) is 6.58. The molecule has 0 fully saturated rings. The monoisotopic (exact) mass is 185 g/mol. The van der Waals surface area contributed by atoms with E-state index in [9.17, 15) is 0 Å². The van der Waals surface area contributed by atoms with Crippen molar-refractivity contribution in [3.05, 3.63) is 30.3 Å². The zero-order valence-corrected chi connectivity index (χ0v) is 8.91. The number of hydrogen-bond donors (Lipinski definition) is 0. The summed E-state index contributed by atoms with van der Waals surface area (Å²) in [6, 6.07) is 9.80. The molecule has 0 aliphatic heterocycles. The number of benzene rings is 1. The van der Waals surface area contributed by atoms with Crippen LogP contribution < -0.4 is 0 Å². The molecular weight excluding hydrogens is 170 g/mol. The molecule has 0 amide bonds. The van der Waals surface area contributed by atoms with Crippen LogP contribution in [0.15, 0.2) is 35.3 Å². The maximum atomic E-state index is 4.21. The average molecular weight is 185 g/mol. The second-order valence-corrected chi connectivity index (χ2v) is 4.11. The molecule has 0 unspecified atom stereocenters. The molecule has 1 nitrogen and oxygen atoms in total. The molecule has 1 rings (SSSR count). The van der Waals surface area contributed by atoms with Crippen LogP contribution in [0.3, 0.4) is 0 Å². The van der Waals surface area contributed by atoms with Crippen molar-refractivity contribution in [3.8, 4) is 11.8 Å². The molecule has 0 aliphatic carbocycles. The van der Waals surface area contributed by atoms with Crippen LogP contribution in [0.25, 0.3) is 0 Å². The highest BCUT2D eigenvalue weighted by molar-refractivity contribution is 5.80. The molecule has 1 aromatic carbocycles. The minimum Gasteiger partial charge on any atom is -0.248 e. The van der Waals surface area contributed by atoms with Gasteiger partial charge in [-0.15, -0.1) is 0 Å². The topological polar surface area (TPSA) is 12.4 Å². The molecule has 14 heavy (non-hydrogen) atoms. The van der Waals surface area contributed by atoms with Crippen LogP contribution in [0.5, 0.6) is 0 Å². The van der Waals surface area contributed by atoms with E-state index in [4.69, 9.17) is 0 Å². The molecule has 0 saturated heterocycles. The SMILES string of the molecule is CC(C)(C)C#CC=Nc1ccccc1. The summed E-state index contributed by atoms with van der Waals surface area (Å²) in [4.78, 5) is 4.21. The van der Waals surface area contributed by atoms with Gasteiger partial charge in [-0.2, -0.15) is 0 Å². The Morgan fingerprint density at radius 3 is 2.36 bits per heavy atom. The van der Waals surface area contributed by atoms with Gasteiger partial charge in [0, 0.05) is 5.41 Å². The number of aliphatic imine (C=N–C) groups is 1. The summed E-state index contributed by atoms with van der Waals surface area (Å²) in [6.45, 7) is 6.24. The van der Waals surface area contributed by atoms with E-state index >= 15 is 0 Å². The number of para-hydroxylation sites is 1. The first-order valence-corrected chi connectivity index (χ1v) is 4.68. The van der Waals surface area contributed by atoms with Crippen molar-refractivity contribution in [2.75, 3.05) is 0 Å². The lowest BCUT2D eigenvalue weighted by molar-refractivity contribution is 0.571. The quantitative estimate of drug-likeness (QED) is 0.469. The maximum absolute atomic E-state index is 4.21. The minimum absolute atomic E-state index is 0.0444. The Morgan fingerprint density at radius 2 is 1.79 bits per heavy atom. The Morgan fingerprint density at radius 1 is 1.14 bits per heavy atom. The van der Waals surface area contributed by atoms with Crippen LogP contribution in [0.2, 0.25) is 0 Å². The summed E-state index contributed by atoms with van der Waals surface area (Å²) in [5.74, 6) is 6.02. The third-order valence-electron chi connectivity index (χ3n) is 1.48. The van der Waals surface area contributed by atoms with E-state index < -0.39 is 0 Å². The fourth-order valence-corrected chi connectivity index (χ4v) is 0.870. The summed E-state index contributed by atoms with van der Waals surface area (Å²) in [5, 5.41) is 0. The summed E-state index contributed by atoms with van der Waals surface area (Å²) in [6.07, 6.45) is 1.65. The highest BCUT2D eigenvalue weighted by Crippen LogP contribution is 2.10. The Hall–Kier alpha value is -1.55. The van der Waals surface area contributed by atoms with Crippen molar-refractivity contribution in [2.24, 2.45) is 10.4 Å². The first-order valence-electron chi connectivity index (χ1n) is 4.68. The molecule has 1 heteroatoms. The number of hydrogen-bond acceptors (Lipinski definition) is 1. The van der Waals surface area contributed by atoms with Crippen molar-refractivity contribution in [3.63, 3.8) is 0 Å². The van der Waals surface area contributed by atoms with Gasteiger partial charge in [-0.3, -0.25) is 0 Å². The maximum Gasteiger partial charge on any atom is 0.0773 e. The largest absolute Gasteiger partial charge is 0.248 e. The van der Waals surface area contributed by atoms with Crippen LogP contribution >= 0.6 is 0 Å². The highest BCUT2D eigenvalue weighted by atomic mass is 14.7. The van der Waals surface area contributed by atoms with E-state index in [0.717, 1.165) is 5.69 Å². The van der Waals surface area contributed by atoms with Gasteiger partial charge in [0.15, 0.2) is 0 Å². The standard InChI is InChI=1S/C13H15N/c1-13(2,3)10-7-11-14-12-8-5-4-6-9-12/h4-6,8-9,11H,1-3H3. The lowest BCUT2D eigenvalue weighted by Gasteiger charge is -2.05. The summed E-state index contributed by atoms with van der Waals surface area (Å²) in [5.41, 5.74) is 0.985. The van der Waals surface area contributed by atoms with Crippen LogP contribution in [0.1, 0.15) is 20.8 Å². The van der Waals surface area contributed by atoms with Gasteiger partial charge >= 0.3 is 0 Å². The molecule has 0 bridgehead atoms. The fourth-order valence-electron chi connectivity index (χ4n) is 0.870. The van der Waals surface area contributed by atoms with E-state index in [-0.39, 0.29) is 5.41 Å². The second-order valence-electron chi connectivity index (χ2n) is 4.11. The highest BCUT2D eigenvalue weighted by Gasteiger charge is 2.02. The van der Waals surface area contributed by atoms with Crippen LogP contribution in [-0.2, 0) is 0 Å². The third kappa shape index (κ3) is 4.47. The van der Waals surface area contributed by atoms with Gasteiger partial charge in [0.05, 0.1) is 11.9 Å². The van der Waals surface area contributed by atoms with Gasteiger partial charge in [0.2, 0.25) is 0 Å². The normalized spacial score (nSPS) is 11.1. The second kappa shape index (κ2) is 4.62. The zero-order chi connectivity index (χ0) is 10.4. The Balaban J connectivity index is 2.61. The van der Waals surface area contributed by atoms with Crippen LogP contribution in [-0.4, -0.2) is 6.21 Å². The molecule has 72 valence electrons. The predicted octanol–water partition coefficient (Wildman–Crippen LogP) is 3.44. The van der Waals surface area contributed by atoms with Gasteiger partial charge in [-0.25, -0.2) is 4.99 Å². The van der Waals surface area contributed by atoms with Crippen LogP contribution in [0.4, 0.5) is 5.69 Å². The first kappa shape index (κ1) is 10.5. The molecule has 0 aromatic heterocycles. The van der Waals surface area contributed by atoms with Crippen molar-refractivity contribution in [2.45, 2.75) is 20.8 Å². The van der Waals surface area contributed by atoms with Gasteiger partial charge in [-0.05, 0) is 32.9 Å². The number of nitrogens with zero attached hydrogens (tertiary/aromatic N) is 1. The summed E-state index contributed by atoms with van der Waals surface area (Å²) < 4.78 is 0. The van der Waals surface area contributed by atoms with E-state index in [1.54, 1.807) is 6.21 Å². The van der Waals surface area contributed by atoms with Gasteiger partial charge in [0.25, 0.3) is 0 Å². The molecule has 0 spiro atoms. The third-order valence-corrected chi connectivity index (χ3v) is 1.48. The van der Waals surface area contributed by atoms with E-state index in [2.05, 4.69) is 37.6 Å². The van der Waals surface area contributed by atoms with Crippen molar-refractivity contribution >= 4 is 11.9 Å². The lowest BCUT2D eigenvalue weighted by Crippen LogP contribution is -1.99. The van der Waals surface area contributed by atoms with Crippen LogP contribution in [0, 0.1) is 17.3 Å². The van der Waals surface area contributed by atoms with E-state index in [1.807, 2.05) is 30.3 Å². The van der Waals surface area contributed by atoms with Gasteiger partial charge in [0.1, 0.15) is 0 Å². The molecule has 0 radical (unpaired) electrons. The summed E-state index contributed by atoms with van der Waals surface area (Å²) in [7, 11) is 0. The molecule has 1 aromatic rings. The van der Waals surface area contributed by atoms with Crippen molar-refractivity contribution < 1.29 is 0 Å². The fraction of sp³-hybridized carbons (Fsp3) is 0.308. The molecular formula is C13H15N. The van der Waals surface area contributed by atoms with E-state index in [0.29, 0.717) is 0 Å². The Kier molecular flexibility index (Phi) is 3.48. The Bertz CT molecular complexity index is 358. The summed E-state index contributed by atoms with van der Waals surface area (Å²) >= 11 is 0. The zero-order valence-electron chi connectivity index (χ0n) is 8.91. The van der Waals surface area contributed by atoms with E-state index in [1.165, 1.54) is 0 Å². The molecule has 0 heterocycles. The van der Waals surface area contributed by atoms with Crippen molar-refractivity contribution in [1.82, 2.24) is 0 Å². The molecule has 0 atom stereocenters. The molecule has 0 N–H and O–H groups in total. The molecule has 0 saturated carbocycles. The minimum atomic E-state index is 0.0444. The Labute approximate surface area is 85.9 Å². The van der Waals surface area contributed by atoms with Crippen molar-refractivity contribution in [1.29, 1.82) is 0 Å². The van der Waals surface area contributed by atoms with Gasteiger partial charge in [-0.1, -0.05) is 30.0 Å². The lowest BCUT2D eigenvalue weighted by atomic mass is 9.98. The smallest absolute Gasteiger partial charge is 0.0773 e. The average Bonchev–Trinajstić information content (AvgIpc) is 2.13. The molecule has 0 aliphatic rings. The predicted molar refractivity (Wildman–Crippen MR) is 61.8 cm³/mol. The number of rotatable bonds is 1.